The van der Waals surface area contributed by atoms with E-state index >= 15 is 0 Å². The molecular weight excluding hydrogens is 248 g/mol. The summed E-state index contributed by atoms with van der Waals surface area (Å²) in [6.07, 6.45) is 7.87. The van der Waals surface area contributed by atoms with Crippen molar-refractivity contribution < 1.29 is 9.53 Å². The molecule has 0 bridgehead atoms. The number of ether oxygens (including phenoxy) is 1. The van der Waals surface area contributed by atoms with Crippen molar-refractivity contribution >= 4 is 5.97 Å². The molecule has 0 amide bonds. The molecule has 0 saturated heterocycles. The quantitative estimate of drug-likeness (QED) is 0.344. The lowest BCUT2D eigenvalue weighted by Gasteiger charge is -2.25. The molecule has 1 atom stereocenters. The number of rotatable bonds is 9. The van der Waals surface area contributed by atoms with Crippen molar-refractivity contribution in [2.75, 3.05) is 0 Å². The number of benzene rings is 1. The van der Waals surface area contributed by atoms with E-state index in [9.17, 15) is 4.79 Å². The van der Waals surface area contributed by atoms with Crippen molar-refractivity contribution in [3.05, 3.63) is 30.3 Å². The molecule has 2 heteroatoms. The third-order valence-corrected chi connectivity index (χ3v) is 4.06. The molecule has 1 aromatic carbocycles. The Morgan fingerprint density at radius 1 is 1.05 bits per heavy atom. The highest BCUT2D eigenvalue weighted by Gasteiger charge is 2.32. The summed E-state index contributed by atoms with van der Waals surface area (Å²) in [4.78, 5) is 12.4. The topological polar surface area (TPSA) is 26.3 Å². The van der Waals surface area contributed by atoms with Gasteiger partial charge in [0.05, 0.1) is 5.41 Å². The first-order valence-electron chi connectivity index (χ1n) is 7.89. The number of hydrogen-bond acceptors (Lipinski definition) is 2. The molecule has 20 heavy (non-hydrogen) atoms. The minimum absolute atomic E-state index is 0.0957. The number of carbonyl (C=O) groups is 1. The maximum atomic E-state index is 12.4. The van der Waals surface area contributed by atoms with Crippen LogP contribution in [-0.2, 0) is 4.79 Å². The van der Waals surface area contributed by atoms with Gasteiger partial charge < -0.3 is 4.74 Å². The van der Waals surface area contributed by atoms with Gasteiger partial charge in [-0.1, -0.05) is 64.2 Å². The van der Waals surface area contributed by atoms with Gasteiger partial charge in [-0.05, 0) is 31.9 Å². The minimum Gasteiger partial charge on any atom is -0.426 e. The van der Waals surface area contributed by atoms with Gasteiger partial charge in [0.25, 0.3) is 0 Å². The van der Waals surface area contributed by atoms with Crippen LogP contribution < -0.4 is 4.74 Å². The Labute approximate surface area is 123 Å². The van der Waals surface area contributed by atoms with Gasteiger partial charge in [0.15, 0.2) is 0 Å². The number of para-hydroxylation sites is 1. The smallest absolute Gasteiger partial charge is 0.317 e. The van der Waals surface area contributed by atoms with Crippen LogP contribution in [0.5, 0.6) is 5.75 Å². The number of unbranched alkanes of at least 4 members (excludes halogenated alkanes) is 4. The number of esters is 1. The summed E-state index contributed by atoms with van der Waals surface area (Å²) in [6, 6.07) is 9.35. The second-order valence-electron chi connectivity index (χ2n) is 5.78. The van der Waals surface area contributed by atoms with E-state index in [-0.39, 0.29) is 11.4 Å². The molecule has 0 saturated carbocycles. The van der Waals surface area contributed by atoms with E-state index in [0.717, 1.165) is 19.3 Å². The highest BCUT2D eigenvalue weighted by molar-refractivity contribution is 5.78. The molecule has 0 radical (unpaired) electrons. The lowest BCUT2D eigenvalue weighted by atomic mass is 9.82. The zero-order chi connectivity index (χ0) is 14.8. The predicted octanol–water partition coefficient (Wildman–Crippen LogP) is 5.37. The van der Waals surface area contributed by atoms with E-state index in [0.29, 0.717) is 5.75 Å². The second-order valence-corrected chi connectivity index (χ2v) is 5.78. The van der Waals surface area contributed by atoms with Crippen molar-refractivity contribution in [3.63, 3.8) is 0 Å². The number of carbonyl (C=O) groups excluding carboxylic acids is 1. The van der Waals surface area contributed by atoms with Crippen molar-refractivity contribution in [2.45, 2.75) is 65.7 Å². The van der Waals surface area contributed by atoms with E-state index < -0.39 is 0 Å². The fourth-order valence-electron chi connectivity index (χ4n) is 2.26. The fourth-order valence-corrected chi connectivity index (χ4v) is 2.26. The summed E-state index contributed by atoms with van der Waals surface area (Å²) in [6.45, 7) is 6.31. The Morgan fingerprint density at radius 2 is 1.70 bits per heavy atom. The average Bonchev–Trinajstić information content (AvgIpc) is 2.47. The first-order chi connectivity index (χ1) is 9.62. The summed E-state index contributed by atoms with van der Waals surface area (Å²) >= 11 is 0. The Morgan fingerprint density at radius 3 is 2.30 bits per heavy atom. The maximum Gasteiger partial charge on any atom is 0.317 e. The van der Waals surface area contributed by atoms with Gasteiger partial charge in [0, 0.05) is 0 Å². The molecule has 0 aliphatic rings. The van der Waals surface area contributed by atoms with Crippen LogP contribution in [0.25, 0.3) is 0 Å². The SMILES string of the molecule is CCCCCCCC(C)(CC)C(=O)Oc1ccccc1. The molecule has 1 rings (SSSR count). The molecule has 0 fully saturated rings. The first kappa shape index (κ1) is 16.7. The lowest BCUT2D eigenvalue weighted by molar-refractivity contribution is -0.145. The van der Waals surface area contributed by atoms with Crippen LogP contribution in [-0.4, -0.2) is 5.97 Å². The lowest BCUT2D eigenvalue weighted by Crippen LogP contribution is -2.31. The van der Waals surface area contributed by atoms with E-state index in [1.165, 1.54) is 25.7 Å². The van der Waals surface area contributed by atoms with Crippen LogP contribution >= 0.6 is 0 Å². The molecule has 0 N–H and O–H groups in total. The fraction of sp³-hybridized carbons (Fsp3) is 0.611. The van der Waals surface area contributed by atoms with Crippen molar-refractivity contribution in [3.8, 4) is 5.75 Å². The van der Waals surface area contributed by atoms with Crippen LogP contribution in [0, 0.1) is 5.41 Å². The van der Waals surface area contributed by atoms with Gasteiger partial charge >= 0.3 is 5.97 Å². The Hall–Kier alpha value is -1.31. The Bertz CT molecular complexity index is 386. The van der Waals surface area contributed by atoms with E-state index in [1.54, 1.807) is 0 Å². The van der Waals surface area contributed by atoms with Gasteiger partial charge in [0.2, 0.25) is 0 Å². The molecule has 1 aromatic rings. The molecule has 2 nitrogen and oxygen atoms in total. The largest absolute Gasteiger partial charge is 0.426 e. The number of hydrogen-bond donors (Lipinski definition) is 0. The minimum atomic E-state index is -0.359. The van der Waals surface area contributed by atoms with Crippen LogP contribution in [0.1, 0.15) is 65.7 Å². The van der Waals surface area contributed by atoms with E-state index in [4.69, 9.17) is 4.74 Å². The van der Waals surface area contributed by atoms with Crippen molar-refractivity contribution in [2.24, 2.45) is 5.41 Å². The van der Waals surface area contributed by atoms with Crippen LogP contribution in [0.15, 0.2) is 30.3 Å². The zero-order valence-corrected chi connectivity index (χ0v) is 13.2. The summed E-state index contributed by atoms with van der Waals surface area (Å²) in [5, 5.41) is 0. The summed E-state index contributed by atoms with van der Waals surface area (Å²) in [5.74, 6) is 0.546. The maximum absolute atomic E-state index is 12.4. The molecule has 0 heterocycles. The van der Waals surface area contributed by atoms with Crippen molar-refractivity contribution in [1.29, 1.82) is 0 Å². The van der Waals surface area contributed by atoms with Gasteiger partial charge in [-0.2, -0.15) is 0 Å². The standard InChI is InChI=1S/C18H28O2/c1-4-6-7-8-12-15-18(3,5-2)17(19)20-16-13-10-9-11-14-16/h9-11,13-14H,4-8,12,15H2,1-3H3. The predicted molar refractivity (Wildman–Crippen MR) is 83.9 cm³/mol. The van der Waals surface area contributed by atoms with Crippen LogP contribution in [0.4, 0.5) is 0 Å². The monoisotopic (exact) mass is 276 g/mol. The molecular formula is C18H28O2. The molecule has 0 aliphatic carbocycles. The first-order valence-corrected chi connectivity index (χ1v) is 7.89. The van der Waals surface area contributed by atoms with E-state index in [2.05, 4.69) is 13.8 Å². The van der Waals surface area contributed by atoms with E-state index in [1.807, 2.05) is 37.3 Å². The highest BCUT2D eigenvalue weighted by atomic mass is 16.5. The zero-order valence-electron chi connectivity index (χ0n) is 13.2. The summed E-state index contributed by atoms with van der Waals surface area (Å²) in [7, 11) is 0. The third kappa shape index (κ3) is 5.36. The van der Waals surface area contributed by atoms with Crippen molar-refractivity contribution in [1.82, 2.24) is 0 Å². The van der Waals surface area contributed by atoms with Gasteiger partial charge in [-0.3, -0.25) is 4.79 Å². The van der Waals surface area contributed by atoms with Gasteiger partial charge in [-0.15, -0.1) is 0 Å². The normalized spacial score (nSPS) is 13.8. The Balaban J connectivity index is 2.47. The molecule has 0 spiro atoms. The van der Waals surface area contributed by atoms with Crippen LogP contribution in [0.3, 0.4) is 0 Å². The summed E-state index contributed by atoms with van der Waals surface area (Å²) in [5.41, 5.74) is -0.359. The highest BCUT2D eigenvalue weighted by Crippen LogP contribution is 2.31. The van der Waals surface area contributed by atoms with Gasteiger partial charge in [-0.25, -0.2) is 0 Å². The molecule has 112 valence electrons. The average molecular weight is 276 g/mol. The Kier molecular flexibility index (Phi) is 7.35. The molecule has 1 unspecified atom stereocenters. The van der Waals surface area contributed by atoms with Gasteiger partial charge in [0.1, 0.15) is 5.75 Å². The third-order valence-electron chi connectivity index (χ3n) is 4.06. The molecule has 0 aromatic heterocycles. The summed E-state index contributed by atoms with van der Waals surface area (Å²) < 4.78 is 5.51. The van der Waals surface area contributed by atoms with Crippen LogP contribution in [0.2, 0.25) is 0 Å². The second kappa shape index (κ2) is 8.78. The molecule has 0 aliphatic heterocycles.